The molecule has 1 aromatic carbocycles. The van der Waals surface area contributed by atoms with Crippen LogP contribution in [-0.4, -0.2) is 32.7 Å². The number of anilines is 1. The maximum Gasteiger partial charge on any atom is 0.335 e. The van der Waals surface area contributed by atoms with E-state index in [0.717, 1.165) is 0 Å². The summed E-state index contributed by atoms with van der Waals surface area (Å²) >= 11 is 0. The molecule has 2 N–H and O–H groups in total. The van der Waals surface area contributed by atoms with E-state index in [1.165, 1.54) is 24.3 Å². The van der Waals surface area contributed by atoms with Gasteiger partial charge in [0.15, 0.2) is 0 Å². The second kappa shape index (κ2) is 6.15. The minimum Gasteiger partial charge on any atom is -0.478 e. The van der Waals surface area contributed by atoms with E-state index in [1.54, 1.807) is 6.92 Å². The van der Waals surface area contributed by atoms with Crippen molar-refractivity contribution in [2.45, 2.75) is 6.92 Å². The van der Waals surface area contributed by atoms with Crippen LogP contribution in [0.5, 0.6) is 0 Å². The lowest BCUT2D eigenvalue weighted by atomic mass is 10.2. The predicted molar refractivity (Wildman–Crippen MR) is 65.6 cm³/mol. The minimum atomic E-state index is -1.15. The molecule has 92 valence electrons. The summed E-state index contributed by atoms with van der Waals surface area (Å²) in [5, 5.41) is 11.2. The van der Waals surface area contributed by atoms with Gasteiger partial charge in [-0.1, -0.05) is 6.92 Å². The molecule has 0 heterocycles. The zero-order valence-electron chi connectivity index (χ0n) is 9.30. The second-order valence-electron chi connectivity index (χ2n) is 3.30. The average Bonchev–Trinajstić information content (AvgIpc) is 2.29. The van der Waals surface area contributed by atoms with Crippen LogP contribution in [0.25, 0.3) is 0 Å². The molecule has 1 amide bonds. The molecule has 17 heavy (non-hydrogen) atoms. The fraction of sp³-hybridized carbons (Fsp3) is 0.273. The van der Waals surface area contributed by atoms with Gasteiger partial charge in [0.1, 0.15) is 5.75 Å². The summed E-state index contributed by atoms with van der Waals surface area (Å²) in [5.41, 5.74) is 0.647. The molecule has 6 heteroatoms. The summed E-state index contributed by atoms with van der Waals surface area (Å²) in [4.78, 5) is 22.0. The molecular weight excluding hydrogens is 242 g/mol. The average molecular weight is 255 g/mol. The summed E-state index contributed by atoms with van der Waals surface area (Å²) in [6.45, 7) is 1.74. The van der Waals surface area contributed by atoms with E-state index in [1.807, 2.05) is 0 Å². The number of hydrogen-bond donors (Lipinski definition) is 2. The molecule has 0 radical (unpaired) electrons. The Hall–Kier alpha value is -1.69. The van der Waals surface area contributed by atoms with Crippen LogP contribution in [0.4, 0.5) is 5.69 Å². The topological polar surface area (TPSA) is 83.5 Å². The first-order valence-electron chi connectivity index (χ1n) is 5.01. The Morgan fingerprint density at radius 3 is 2.35 bits per heavy atom. The molecule has 0 saturated carbocycles. The number of benzene rings is 1. The largest absolute Gasteiger partial charge is 0.478 e. The van der Waals surface area contributed by atoms with Crippen LogP contribution in [-0.2, 0) is 15.6 Å². The summed E-state index contributed by atoms with van der Waals surface area (Å²) in [7, 11) is -1.15. The van der Waals surface area contributed by atoms with E-state index >= 15 is 0 Å². The highest BCUT2D eigenvalue weighted by Crippen LogP contribution is 2.09. The van der Waals surface area contributed by atoms with Crippen LogP contribution in [0, 0.1) is 0 Å². The molecule has 1 atom stereocenters. The Morgan fingerprint density at radius 2 is 1.88 bits per heavy atom. The molecule has 0 aliphatic rings. The molecule has 0 aliphatic carbocycles. The van der Waals surface area contributed by atoms with Gasteiger partial charge in [0, 0.05) is 22.2 Å². The highest BCUT2D eigenvalue weighted by molar-refractivity contribution is 7.85. The van der Waals surface area contributed by atoms with Gasteiger partial charge in [0.05, 0.1) is 5.56 Å². The lowest BCUT2D eigenvalue weighted by Gasteiger charge is -2.04. The van der Waals surface area contributed by atoms with Gasteiger partial charge in [0.2, 0.25) is 5.91 Å². The van der Waals surface area contributed by atoms with Crippen LogP contribution in [0.2, 0.25) is 0 Å². The van der Waals surface area contributed by atoms with E-state index in [2.05, 4.69) is 5.32 Å². The maximum atomic E-state index is 11.4. The molecule has 0 bridgehead atoms. The van der Waals surface area contributed by atoms with Crippen molar-refractivity contribution in [2.24, 2.45) is 0 Å². The third-order valence-corrected chi connectivity index (χ3v) is 3.26. The van der Waals surface area contributed by atoms with Gasteiger partial charge in [-0.15, -0.1) is 0 Å². The molecule has 0 aliphatic heterocycles. The lowest BCUT2D eigenvalue weighted by Crippen LogP contribution is -2.20. The molecule has 0 fully saturated rings. The maximum absolute atomic E-state index is 11.4. The van der Waals surface area contributed by atoms with E-state index in [4.69, 9.17) is 5.11 Å². The zero-order chi connectivity index (χ0) is 12.8. The number of aromatic carboxylic acids is 1. The third kappa shape index (κ3) is 4.36. The molecular formula is C11H13NO4S. The number of carboxylic acid groups (broad SMARTS) is 1. The SMILES string of the molecule is CCS(=O)CC(=O)Nc1ccc(C(=O)O)cc1. The number of rotatable bonds is 5. The van der Waals surface area contributed by atoms with Crippen LogP contribution < -0.4 is 5.32 Å². The normalized spacial score (nSPS) is 11.8. The van der Waals surface area contributed by atoms with Gasteiger partial charge < -0.3 is 10.4 Å². The fourth-order valence-electron chi connectivity index (χ4n) is 1.14. The van der Waals surface area contributed by atoms with Crippen LogP contribution in [0.1, 0.15) is 17.3 Å². The monoisotopic (exact) mass is 255 g/mol. The summed E-state index contributed by atoms with van der Waals surface area (Å²) < 4.78 is 11.1. The number of hydrogen-bond acceptors (Lipinski definition) is 3. The Labute approximate surface area is 101 Å². The van der Waals surface area contributed by atoms with Crippen molar-refractivity contribution >= 4 is 28.4 Å². The number of nitrogens with one attached hydrogen (secondary N) is 1. The van der Waals surface area contributed by atoms with Crippen molar-refractivity contribution in [2.75, 3.05) is 16.8 Å². The second-order valence-corrected chi connectivity index (χ2v) is 5.05. The van der Waals surface area contributed by atoms with Crippen LogP contribution >= 0.6 is 0 Å². The highest BCUT2D eigenvalue weighted by Gasteiger charge is 2.07. The molecule has 1 aromatic rings. The Bertz CT molecular complexity index is 441. The van der Waals surface area contributed by atoms with Crippen molar-refractivity contribution < 1.29 is 18.9 Å². The first kappa shape index (κ1) is 13.4. The van der Waals surface area contributed by atoms with Crippen molar-refractivity contribution in [3.63, 3.8) is 0 Å². The molecule has 5 nitrogen and oxygen atoms in total. The summed E-state index contributed by atoms with van der Waals surface area (Å²) in [6.07, 6.45) is 0. The highest BCUT2D eigenvalue weighted by atomic mass is 32.2. The summed E-state index contributed by atoms with van der Waals surface area (Å²) in [5.74, 6) is -0.967. The molecule has 1 unspecified atom stereocenters. The quantitative estimate of drug-likeness (QED) is 0.825. The predicted octanol–water partition coefficient (Wildman–Crippen LogP) is 1.09. The molecule has 0 saturated heterocycles. The van der Waals surface area contributed by atoms with Crippen molar-refractivity contribution in [1.82, 2.24) is 0 Å². The Balaban J connectivity index is 2.60. The van der Waals surface area contributed by atoms with Crippen LogP contribution in [0.15, 0.2) is 24.3 Å². The van der Waals surface area contributed by atoms with E-state index < -0.39 is 16.8 Å². The van der Waals surface area contributed by atoms with Crippen molar-refractivity contribution in [1.29, 1.82) is 0 Å². The minimum absolute atomic E-state index is 0.0445. The Kier molecular flexibility index (Phi) is 4.84. The number of carbonyl (C=O) groups is 2. The van der Waals surface area contributed by atoms with Gasteiger partial charge in [-0.25, -0.2) is 4.79 Å². The first-order valence-corrected chi connectivity index (χ1v) is 6.50. The van der Waals surface area contributed by atoms with E-state index in [-0.39, 0.29) is 17.2 Å². The first-order chi connectivity index (χ1) is 8.02. The van der Waals surface area contributed by atoms with E-state index in [9.17, 15) is 13.8 Å². The number of carbonyl (C=O) groups excluding carboxylic acids is 1. The fourth-order valence-corrected chi connectivity index (χ4v) is 1.71. The molecule has 0 aromatic heterocycles. The zero-order valence-corrected chi connectivity index (χ0v) is 10.1. The lowest BCUT2D eigenvalue weighted by molar-refractivity contribution is -0.113. The smallest absolute Gasteiger partial charge is 0.335 e. The van der Waals surface area contributed by atoms with Gasteiger partial charge >= 0.3 is 5.97 Å². The van der Waals surface area contributed by atoms with Gasteiger partial charge in [0.25, 0.3) is 0 Å². The standard InChI is InChI=1S/C11H13NO4S/c1-2-17(16)7-10(13)12-9-5-3-8(4-6-9)11(14)15/h3-6H,2,7H2,1H3,(H,12,13)(H,14,15). The Morgan fingerprint density at radius 1 is 1.29 bits per heavy atom. The van der Waals surface area contributed by atoms with Gasteiger partial charge in [-0.3, -0.25) is 9.00 Å². The molecule has 1 rings (SSSR count). The van der Waals surface area contributed by atoms with Crippen LogP contribution in [0.3, 0.4) is 0 Å². The summed E-state index contributed by atoms with van der Waals surface area (Å²) in [6, 6.07) is 5.79. The van der Waals surface area contributed by atoms with Crippen molar-refractivity contribution in [3.05, 3.63) is 29.8 Å². The number of carboxylic acids is 1. The van der Waals surface area contributed by atoms with Gasteiger partial charge in [-0.2, -0.15) is 0 Å². The van der Waals surface area contributed by atoms with Crippen molar-refractivity contribution in [3.8, 4) is 0 Å². The van der Waals surface area contributed by atoms with E-state index in [0.29, 0.717) is 11.4 Å². The molecule has 0 spiro atoms. The third-order valence-electron chi connectivity index (χ3n) is 2.03. The number of amides is 1. The van der Waals surface area contributed by atoms with Gasteiger partial charge in [-0.05, 0) is 24.3 Å².